The predicted molar refractivity (Wildman–Crippen MR) is 64.3 cm³/mol. The zero-order chi connectivity index (χ0) is 12.0. The first-order chi connectivity index (χ1) is 7.58. The van der Waals surface area contributed by atoms with Crippen molar-refractivity contribution in [3.05, 3.63) is 0 Å². The van der Waals surface area contributed by atoms with Crippen LogP contribution in [-0.4, -0.2) is 30.3 Å². The van der Waals surface area contributed by atoms with Crippen LogP contribution in [0.4, 0.5) is 4.79 Å². The Morgan fingerprint density at radius 3 is 2.62 bits per heavy atom. The first kappa shape index (κ1) is 13.3. The Morgan fingerprint density at radius 2 is 2.12 bits per heavy atom. The fourth-order valence-electron chi connectivity index (χ4n) is 1.95. The van der Waals surface area contributed by atoms with Crippen LogP contribution in [0.2, 0.25) is 0 Å². The number of hydrogen-bond acceptors (Lipinski definition) is 2. The summed E-state index contributed by atoms with van der Waals surface area (Å²) in [4.78, 5) is 11.4. The van der Waals surface area contributed by atoms with Crippen molar-refractivity contribution in [3.63, 3.8) is 0 Å². The summed E-state index contributed by atoms with van der Waals surface area (Å²) in [6.07, 6.45) is 5.14. The minimum atomic E-state index is -0.352. The molecule has 0 aromatic rings. The Labute approximate surface area is 97.8 Å². The van der Waals surface area contributed by atoms with E-state index >= 15 is 0 Å². The quantitative estimate of drug-likeness (QED) is 0.620. The monoisotopic (exact) mass is 228 g/mol. The SMILES string of the molecule is CCCC1(CNC(=O)NCCC(C)O)CC1. The van der Waals surface area contributed by atoms with Crippen LogP contribution < -0.4 is 10.6 Å². The summed E-state index contributed by atoms with van der Waals surface area (Å²) in [7, 11) is 0. The number of carbonyl (C=O) groups excluding carboxylic acids is 1. The smallest absolute Gasteiger partial charge is 0.314 e. The number of rotatable bonds is 7. The molecule has 0 aromatic carbocycles. The van der Waals surface area contributed by atoms with Gasteiger partial charge in [-0.1, -0.05) is 13.3 Å². The van der Waals surface area contributed by atoms with E-state index < -0.39 is 0 Å². The molecular weight excluding hydrogens is 204 g/mol. The zero-order valence-corrected chi connectivity index (χ0v) is 10.4. The Kier molecular flexibility index (Phi) is 5.06. The summed E-state index contributed by atoms with van der Waals surface area (Å²) in [6, 6.07) is -0.108. The molecule has 94 valence electrons. The second-order valence-electron chi connectivity index (χ2n) is 5.00. The number of nitrogens with one attached hydrogen (secondary N) is 2. The van der Waals surface area contributed by atoms with Crippen molar-refractivity contribution in [1.82, 2.24) is 10.6 Å². The van der Waals surface area contributed by atoms with Crippen molar-refractivity contribution in [2.45, 2.75) is 52.1 Å². The van der Waals surface area contributed by atoms with Crippen molar-refractivity contribution >= 4 is 6.03 Å². The van der Waals surface area contributed by atoms with Gasteiger partial charge in [0.25, 0.3) is 0 Å². The molecule has 16 heavy (non-hydrogen) atoms. The van der Waals surface area contributed by atoms with Gasteiger partial charge in [0.1, 0.15) is 0 Å². The minimum absolute atomic E-state index is 0.108. The lowest BCUT2D eigenvalue weighted by molar-refractivity contribution is 0.183. The van der Waals surface area contributed by atoms with E-state index in [0.29, 0.717) is 18.4 Å². The minimum Gasteiger partial charge on any atom is -0.393 e. The molecule has 1 aliphatic rings. The first-order valence-corrected chi connectivity index (χ1v) is 6.28. The summed E-state index contributed by atoms with van der Waals surface area (Å²) >= 11 is 0. The largest absolute Gasteiger partial charge is 0.393 e. The van der Waals surface area contributed by atoms with Crippen LogP contribution in [0.5, 0.6) is 0 Å². The summed E-state index contributed by atoms with van der Waals surface area (Å²) in [6.45, 7) is 5.23. The van der Waals surface area contributed by atoms with E-state index in [0.717, 1.165) is 6.54 Å². The van der Waals surface area contributed by atoms with Crippen molar-refractivity contribution in [1.29, 1.82) is 0 Å². The van der Waals surface area contributed by atoms with E-state index in [1.54, 1.807) is 6.92 Å². The Morgan fingerprint density at radius 1 is 1.44 bits per heavy atom. The average molecular weight is 228 g/mol. The molecule has 1 saturated carbocycles. The molecule has 0 saturated heterocycles. The van der Waals surface area contributed by atoms with Crippen molar-refractivity contribution < 1.29 is 9.90 Å². The van der Waals surface area contributed by atoms with Crippen LogP contribution in [0.1, 0.15) is 46.0 Å². The highest BCUT2D eigenvalue weighted by atomic mass is 16.3. The normalized spacial score (nSPS) is 18.9. The van der Waals surface area contributed by atoms with Crippen LogP contribution in [0.15, 0.2) is 0 Å². The van der Waals surface area contributed by atoms with Crippen LogP contribution in [0.25, 0.3) is 0 Å². The van der Waals surface area contributed by atoms with Crippen molar-refractivity contribution in [3.8, 4) is 0 Å². The van der Waals surface area contributed by atoms with Gasteiger partial charge in [0.15, 0.2) is 0 Å². The standard InChI is InChI=1S/C12H24N2O2/c1-3-5-12(6-7-12)9-14-11(16)13-8-4-10(2)15/h10,15H,3-9H2,1-2H3,(H2,13,14,16). The van der Waals surface area contributed by atoms with E-state index in [4.69, 9.17) is 5.11 Å². The Balaban J connectivity index is 2.06. The maximum absolute atomic E-state index is 11.4. The topological polar surface area (TPSA) is 61.4 Å². The van der Waals surface area contributed by atoms with Gasteiger partial charge in [0, 0.05) is 13.1 Å². The fraction of sp³-hybridized carbons (Fsp3) is 0.917. The molecule has 3 N–H and O–H groups in total. The van der Waals surface area contributed by atoms with Crippen LogP contribution in [0.3, 0.4) is 0 Å². The van der Waals surface area contributed by atoms with Gasteiger partial charge in [-0.05, 0) is 38.0 Å². The van der Waals surface area contributed by atoms with Gasteiger partial charge in [-0.25, -0.2) is 4.79 Å². The van der Waals surface area contributed by atoms with Crippen LogP contribution in [0, 0.1) is 5.41 Å². The number of urea groups is 1. The van der Waals surface area contributed by atoms with Crippen LogP contribution in [-0.2, 0) is 0 Å². The summed E-state index contributed by atoms with van der Waals surface area (Å²) in [5.74, 6) is 0. The van der Waals surface area contributed by atoms with E-state index in [1.165, 1.54) is 25.7 Å². The van der Waals surface area contributed by atoms with Crippen molar-refractivity contribution in [2.24, 2.45) is 5.41 Å². The molecule has 4 nitrogen and oxygen atoms in total. The number of aliphatic hydroxyl groups is 1. The lowest BCUT2D eigenvalue weighted by Gasteiger charge is -2.15. The lowest BCUT2D eigenvalue weighted by Crippen LogP contribution is -2.39. The van der Waals surface area contributed by atoms with Crippen molar-refractivity contribution in [2.75, 3.05) is 13.1 Å². The third-order valence-electron chi connectivity index (χ3n) is 3.21. The van der Waals surface area contributed by atoms with E-state index in [-0.39, 0.29) is 12.1 Å². The molecule has 1 rings (SSSR count). The molecule has 0 aliphatic heterocycles. The molecule has 0 spiro atoms. The van der Waals surface area contributed by atoms with E-state index in [1.807, 2.05) is 0 Å². The number of amides is 2. The molecule has 1 unspecified atom stereocenters. The fourth-order valence-corrected chi connectivity index (χ4v) is 1.95. The van der Waals surface area contributed by atoms with Gasteiger partial charge >= 0.3 is 6.03 Å². The highest BCUT2D eigenvalue weighted by Gasteiger charge is 2.41. The van der Waals surface area contributed by atoms with Gasteiger partial charge in [0.05, 0.1) is 6.10 Å². The molecule has 1 fully saturated rings. The molecule has 0 bridgehead atoms. The van der Waals surface area contributed by atoms with Gasteiger partial charge in [-0.15, -0.1) is 0 Å². The summed E-state index contributed by atoms with van der Waals surface area (Å²) in [5, 5.41) is 14.7. The molecule has 0 heterocycles. The molecule has 1 atom stereocenters. The molecule has 0 radical (unpaired) electrons. The number of hydrogen-bond donors (Lipinski definition) is 3. The molecule has 4 heteroatoms. The highest BCUT2D eigenvalue weighted by Crippen LogP contribution is 2.48. The maximum Gasteiger partial charge on any atom is 0.314 e. The Bertz CT molecular complexity index is 225. The van der Waals surface area contributed by atoms with Gasteiger partial charge in [-0.2, -0.15) is 0 Å². The molecular formula is C12H24N2O2. The third-order valence-corrected chi connectivity index (χ3v) is 3.21. The number of aliphatic hydroxyl groups excluding tert-OH is 1. The molecule has 1 aliphatic carbocycles. The van der Waals surface area contributed by atoms with Gasteiger partial charge < -0.3 is 15.7 Å². The van der Waals surface area contributed by atoms with E-state index in [2.05, 4.69) is 17.6 Å². The predicted octanol–water partition coefficient (Wildman–Crippen LogP) is 1.64. The van der Waals surface area contributed by atoms with Gasteiger partial charge in [-0.3, -0.25) is 0 Å². The number of carbonyl (C=O) groups is 1. The second kappa shape index (κ2) is 6.09. The average Bonchev–Trinajstić information content (AvgIpc) is 2.96. The maximum atomic E-state index is 11.4. The highest BCUT2D eigenvalue weighted by molar-refractivity contribution is 5.73. The van der Waals surface area contributed by atoms with Gasteiger partial charge in [0.2, 0.25) is 0 Å². The molecule has 0 aromatic heterocycles. The summed E-state index contributed by atoms with van der Waals surface area (Å²) in [5.41, 5.74) is 0.399. The third kappa shape index (κ3) is 4.84. The Hall–Kier alpha value is -0.770. The van der Waals surface area contributed by atoms with Crippen LogP contribution >= 0.6 is 0 Å². The molecule has 2 amide bonds. The zero-order valence-electron chi connectivity index (χ0n) is 10.4. The van der Waals surface area contributed by atoms with E-state index in [9.17, 15) is 4.79 Å². The first-order valence-electron chi connectivity index (χ1n) is 6.28. The lowest BCUT2D eigenvalue weighted by atomic mass is 10.0. The second-order valence-corrected chi connectivity index (χ2v) is 5.00. The summed E-state index contributed by atoms with van der Waals surface area (Å²) < 4.78 is 0.